The monoisotopic (exact) mass is 2100 g/mol. The molecule has 0 fully saturated rings. The molecule has 0 amide bonds. The molecule has 4 radical (unpaired) electrons. The first-order valence-electron chi connectivity index (χ1n) is 25.9. The summed E-state index contributed by atoms with van der Waals surface area (Å²) in [5.41, 5.74) is 0. The third-order valence-electron chi connectivity index (χ3n) is 12.7. The van der Waals surface area contributed by atoms with Gasteiger partial charge in [0.05, 0.1) is 31.7 Å². The van der Waals surface area contributed by atoms with Gasteiger partial charge in [-0.05, 0) is 146 Å². The second-order valence-electron chi connectivity index (χ2n) is 17.9. The fourth-order valence-corrected chi connectivity index (χ4v) is 19.6. The Kier molecular flexibility index (Phi) is 39.7. The van der Waals surface area contributed by atoms with Gasteiger partial charge in [-0.3, -0.25) is 0 Å². The third-order valence-corrected chi connectivity index (χ3v) is 23.7. The summed E-state index contributed by atoms with van der Waals surface area (Å²) in [6.07, 6.45) is 0. The van der Waals surface area contributed by atoms with E-state index < -0.39 is 31.7 Å². The van der Waals surface area contributed by atoms with Gasteiger partial charge in [0.15, 0.2) is 0 Å². The van der Waals surface area contributed by atoms with Crippen LogP contribution < -0.4 is 63.7 Å². The Morgan fingerprint density at radius 2 is 0.181 bits per heavy atom. The minimum absolute atomic E-state index is 0. The van der Waals surface area contributed by atoms with Crippen LogP contribution in [-0.4, -0.2) is 0 Å². The maximum atomic E-state index is 2.24. The van der Waals surface area contributed by atoms with Gasteiger partial charge in [-0.25, -0.2) is 0 Å². The van der Waals surface area contributed by atoms with Crippen LogP contribution in [0.1, 0.15) is 0 Å². The summed E-state index contributed by atoms with van der Waals surface area (Å²) in [7, 11) is -3.51. The van der Waals surface area contributed by atoms with Gasteiger partial charge < -0.3 is 27.0 Å². The summed E-state index contributed by atoms with van der Waals surface area (Å²) in [5.74, 6) is 0. The van der Waals surface area contributed by atoms with Gasteiger partial charge >= 0.3 is 22.4 Å². The van der Waals surface area contributed by atoms with E-state index in [-0.39, 0.29) is 139 Å². The van der Waals surface area contributed by atoms with Gasteiger partial charge in [0, 0.05) is 89.5 Å². The van der Waals surface area contributed by atoms with Gasteiger partial charge in [0.1, 0.15) is 63.7 Å². The normalized spacial score (nSPS) is 9.69. The van der Waals surface area contributed by atoms with Gasteiger partial charge in [-0.1, -0.05) is 218 Å². The summed E-state index contributed by atoms with van der Waals surface area (Å²) < 4.78 is 0. The van der Waals surface area contributed by atoms with Gasteiger partial charge in [0.2, 0.25) is 0 Å². The Labute approximate surface area is 591 Å². The molecule has 0 aliphatic heterocycles. The van der Waals surface area contributed by atoms with Crippen LogP contribution >= 0.6 is 31.7 Å². The van der Waals surface area contributed by atoms with E-state index >= 15 is 0 Å². The van der Waals surface area contributed by atoms with E-state index in [2.05, 4.69) is 364 Å². The van der Waals surface area contributed by atoms with E-state index in [1.54, 1.807) is 0 Å². The predicted molar refractivity (Wildman–Crippen MR) is 364 cm³/mol. The maximum Gasteiger partial charge on any atom is 1.00 e. The third kappa shape index (κ3) is 23.4. The molecule has 0 aliphatic rings. The molecule has 0 aromatic heterocycles. The van der Waals surface area contributed by atoms with E-state index in [1.165, 1.54) is 63.7 Å². The molecule has 11 heteroatoms. The Morgan fingerprint density at radius 1 is 0.120 bits per heavy atom. The molecular formula is C72H66Au5P4S2+3. The number of thiol groups is 2. The fraction of sp³-hybridized carbons (Fsp3) is 0. The maximum absolute atomic E-state index is 2.24. The molecule has 0 atom stereocenters. The Bertz CT molecular complexity index is 2610. The average molecular weight is 2100 g/mol. The summed E-state index contributed by atoms with van der Waals surface area (Å²) in [5, 5.41) is 17.2. The second-order valence-corrected chi connectivity index (χ2v) is 27.8. The Hall–Kier alpha value is -3.24. The van der Waals surface area contributed by atoms with E-state index in [0.717, 1.165) is 0 Å². The van der Waals surface area contributed by atoms with Crippen molar-refractivity contribution in [1.82, 2.24) is 0 Å². The first kappa shape index (κ1) is 75.9. The number of benzene rings is 12. The molecule has 438 valence electrons. The smallest absolute Gasteiger partial charge is 0.813 e. The molecule has 0 aliphatic carbocycles. The number of hydrogen-bond donors (Lipinski definition) is 0. The van der Waals surface area contributed by atoms with Crippen molar-refractivity contribution in [3.63, 3.8) is 0 Å². The number of hydrogen-bond acceptors (Lipinski definition) is 2. The van der Waals surface area contributed by atoms with Crippen LogP contribution in [0.4, 0.5) is 0 Å². The minimum atomic E-state index is -0.877. The minimum Gasteiger partial charge on any atom is -0.813 e. The van der Waals surface area contributed by atoms with Crippen LogP contribution in [0.15, 0.2) is 364 Å². The first-order chi connectivity index (χ1) is 37.8. The van der Waals surface area contributed by atoms with Gasteiger partial charge in [0.25, 0.3) is 0 Å². The Balaban J connectivity index is 0.000000367. The zero-order valence-corrected chi connectivity index (χ0v) is 61.7. The topological polar surface area (TPSA) is 0 Å². The standard InChI is InChI=1S/4C18H15P.5Au.2H2S/c4*1-4-10-16(11-5-1)19(17-12-6-2-7-13-17)18-14-8-3-9-15-18;;;;;;;/h4*1-15H;;;;;;2*1H2/q;;;;;;;;+1;;/p+2. The molecule has 12 aromatic rings. The van der Waals surface area contributed by atoms with E-state index in [1.807, 2.05) is 0 Å². The average Bonchev–Trinajstić information content (AvgIpc) is 3.54. The zero-order chi connectivity index (χ0) is 51.7. The molecule has 0 N–H and O–H groups in total. The molecule has 12 aromatic carbocycles. The van der Waals surface area contributed by atoms with Crippen LogP contribution in [0.2, 0.25) is 0 Å². The van der Waals surface area contributed by atoms with Crippen molar-refractivity contribution in [2.24, 2.45) is 0 Å². The van der Waals surface area contributed by atoms with Crippen molar-refractivity contribution >= 4 is 122 Å². The SMILES string of the molecule is [Au+].[Au].[Au].[Au].[Au].[SH-].[SH-].c1ccc([PH+](c2ccccc2)c2ccccc2)cc1.c1ccc([PH+](c2ccccc2)c2ccccc2)cc1.c1ccc([PH+](c2ccccc2)c2ccccc2)cc1.c1ccc([PH+](c2ccccc2)c2ccccc2)cc1. The summed E-state index contributed by atoms with van der Waals surface area (Å²) in [6.45, 7) is 0. The fourth-order valence-electron chi connectivity index (χ4n) is 9.26. The summed E-state index contributed by atoms with van der Waals surface area (Å²) in [6, 6.07) is 130. The van der Waals surface area contributed by atoms with Crippen molar-refractivity contribution in [3.8, 4) is 0 Å². The molecule has 83 heavy (non-hydrogen) atoms. The second kappa shape index (κ2) is 43.4. The molecule has 0 heterocycles. The Morgan fingerprint density at radius 3 is 0.241 bits per heavy atom. The molecular weight excluding hydrogens is 2040 g/mol. The van der Waals surface area contributed by atoms with Crippen molar-refractivity contribution < 1.29 is 112 Å². The molecule has 0 saturated heterocycles. The molecule has 0 unspecified atom stereocenters. The first-order valence-corrected chi connectivity index (χ1v) is 31.9. The van der Waals surface area contributed by atoms with Crippen molar-refractivity contribution in [3.05, 3.63) is 364 Å². The van der Waals surface area contributed by atoms with E-state index in [4.69, 9.17) is 0 Å². The molecule has 0 nitrogen and oxygen atoms in total. The predicted octanol–water partition coefficient (Wildman–Crippen LogP) is 12.2. The molecule has 0 spiro atoms. The van der Waals surface area contributed by atoms with Crippen molar-refractivity contribution in [2.45, 2.75) is 0 Å². The quantitative estimate of drug-likeness (QED) is 0.0517. The van der Waals surface area contributed by atoms with Crippen LogP contribution in [0, 0.1) is 0 Å². The largest absolute Gasteiger partial charge is 1.00 e. The zero-order valence-electron chi connectivity index (χ0n) is 45.0. The van der Waals surface area contributed by atoms with Crippen LogP contribution in [0.5, 0.6) is 0 Å². The molecule has 12 rings (SSSR count). The van der Waals surface area contributed by atoms with Crippen molar-refractivity contribution in [1.29, 1.82) is 0 Å². The van der Waals surface area contributed by atoms with E-state index in [9.17, 15) is 0 Å². The van der Waals surface area contributed by atoms with Gasteiger partial charge in [-0.2, -0.15) is 0 Å². The van der Waals surface area contributed by atoms with Crippen LogP contribution in [0.25, 0.3) is 0 Å². The van der Waals surface area contributed by atoms with Gasteiger partial charge in [-0.15, -0.1) is 0 Å². The number of rotatable bonds is 12. The molecule has 0 saturated carbocycles. The van der Waals surface area contributed by atoms with Crippen LogP contribution in [-0.2, 0) is 139 Å². The van der Waals surface area contributed by atoms with Crippen molar-refractivity contribution in [2.75, 3.05) is 0 Å². The van der Waals surface area contributed by atoms with E-state index in [0.29, 0.717) is 0 Å². The summed E-state index contributed by atoms with van der Waals surface area (Å²) in [4.78, 5) is 0. The van der Waals surface area contributed by atoms with Crippen LogP contribution in [0.3, 0.4) is 0 Å². The molecule has 0 bridgehead atoms. The summed E-state index contributed by atoms with van der Waals surface area (Å²) >= 11 is 0.